The van der Waals surface area contributed by atoms with Crippen molar-refractivity contribution in [3.05, 3.63) is 34.1 Å². The predicted octanol–water partition coefficient (Wildman–Crippen LogP) is 2.19. The largest absolute Gasteiger partial charge is 0.367 e. The third-order valence-corrected chi connectivity index (χ3v) is 2.72. The molecule has 5 heteroatoms. The minimum absolute atomic E-state index is 0.187. The molecule has 2 rings (SSSR count). The highest BCUT2D eigenvalue weighted by Gasteiger charge is 2.17. The molecule has 0 amide bonds. The fraction of sp³-hybridized carbons (Fsp3) is 0.286. The first-order chi connectivity index (χ1) is 8.82. The number of nitrogens with one attached hydrogen (secondary N) is 2. The van der Waals surface area contributed by atoms with Crippen LogP contribution in [0.2, 0.25) is 0 Å². The van der Waals surface area contributed by atoms with Gasteiger partial charge in [0, 0.05) is 6.07 Å². The molecule has 0 fully saturated rings. The van der Waals surface area contributed by atoms with Crippen LogP contribution in [0.3, 0.4) is 0 Å². The fourth-order valence-electron chi connectivity index (χ4n) is 1.75. The summed E-state index contributed by atoms with van der Waals surface area (Å²) in [6.07, 6.45) is 5.35. The Labute approximate surface area is 110 Å². The summed E-state index contributed by atoms with van der Waals surface area (Å²) in [6, 6.07) is 2.65. The number of aryl methyl sites for hydroxylation is 1. The zero-order chi connectivity index (χ0) is 14.2. The van der Waals surface area contributed by atoms with Crippen molar-refractivity contribution >= 4 is 16.6 Å². The van der Waals surface area contributed by atoms with Crippen LogP contribution in [0.5, 0.6) is 0 Å². The van der Waals surface area contributed by atoms with Crippen molar-refractivity contribution in [2.24, 2.45) is 0 Å². The average Bonchev–Trinajstić information content (AvgIpc) is 2.31. The Morgan fingerprint density at radius 1 is 1.47 bits per heavy atom. The second kappa shape index (κ2) is 4.39. The van der Waals surface area contributed by atoms with E-state index < -0.39 is 11.4 Å². The summed E-state index contributed by atoms with van der Waals surface area (Å²) >= 11 is 0. The van der Waals surface area contributed by atoms with Gasteiger partial charge in [0.1, 0.15) is 11.6 Å². The van der Waals surface area contributed by atoms with Crippen molar-refractivity contribution in [3.8, 4) is 12.3 Å². The first-order valence-corrected chi connectivity index (χ1v) is 5.78. The maximum Gasteiger partial charge on any atom is 0.258 e. The van der Waals surface area contributed by atoms with E-state index in [1.165, 1.54) is 12.1 Å². The summed E-state index contributed by atoms with van der Waals surface area (Å²) in [5.74, 6) is 2.46. The molecule has 0 spiro atoms. The van der Waals surface area contributed by atoms with E-state index in [9.17, 15) is 9.18 Å². The molecular formula is C14H14FN3O. The van der Waals surface area contributed by atoms with Crippen molar-refractivity contribution < 1.29 is 4.39 Å². The van der Waals surface area contributed by atoms with Gasteiger partial charge in [-0.15, -0.1) is 6.42 Å². The summed E-state index contributed by atoms with van der Waals surface area (Å²) in [4.78, 5) is 18.5. The van der Waals surface area contributed by atoms with Crippen molar-refractivity contribution in [2.45, 2.75) is 26.3 Å². The monoisotopic (exact) mass is 259 g/mol. The van der Waals surface area contributed by atoms with Gasteiger partial charge >= 0.3 is 0 Å². The molecule has 0 saturated carbocycles. The lowest BCUT2D eigenvalue weighted by Crippen LogP contribution is -2.29. The highest BCUT2D eigenvalue weighted by Crippen LogP contribution is 2.22. The van der Waals surface area contributed by atoms with Crippen LogP contribution in [0.25, 0.3) is 10.9 Å². The number of hydrogen-bond donors (Lipinski definition) is 2. The Balaban J connectivity index is 2.63. The Hall–Kier alpha value is -2.35. The van der Waals surface area contributed by atoms with E-state index >= 15 is 0 Å². The van der Waals surface area contributed by atoms with E-state index in [0.29, 0.717) is 16.7 Å². The second-order valence-electron chi connectivity index (χ2n) is 4.89. The quantitative estimate of drug-likeness (QED) is 0.813. The van der Waals surface area contributed by atoms with E-state index in [-0.39, 0.29) is 11.2 Å². The molecule has 2 aromatic rings. The summed E-state index contributed by atoms with van der Waals surface area (Å²) in [5, 5.41) is 3.20. The molecule has 0 radical (unpaired) electrons. The summed E-state index contributed by atoms with van der Waals surface area (Å²) < 4.78 is 14.0. The molecule has 0 atom stereocenters. The van der Waals surface area contributed by atoms with Crippen molar-refractivity contribution in [1.82, 2.24) is 9.97 Å². The van der Waals surface area contributed by atoms with E-state index in [4.69, 9.17) is 6.42 Å². The third-order valence-electron chi connectivity index (χ3n) is 2.72. The number of benzene rings is 1. The van der Waals surface area contributed by atoms with Gasteiger partial charge in [-0.3, -0.25) is 4.79 Å². The first-order valence-electron chi connectivity index (χ1n) is 5.78. The van der Waals surface area contributed by atoms with E-state index in [1.807, 2.05) is 0 Å². The first kappa shape index (κ1) is 13.1. The number of fused-ring (bicyclic) bond motifs is 1. The van der Waals surface area contributed by atoms with Crippen LogP contribution >= 0.6 is 0 Å². The van der Waals surface area contributed by atoms with Gasteiger partial charge in [0.2, 0.25) is 0 Å². The topological polar surface area (TPSA) is 57.8 Å². The van der Waals surface area contributed by atoms with Gasteiger partial charge in [0.25, 0.3) is 5.56 Å². The molecule has 0 unspecified atom stereocenters. The van der Waals surface area contributed by atoms with Gasteiger partial charge in [0.05, 0.1) is 22.1 Å². The Kier molecular flexibility index (Phi) is 3.03. The SMILES string of the molecule is C#CC(C)(C)Nc1cc2c(=O)[nH]c(C)nc2cc1F. The van der Waals surface area contributed by atoms with Gasteiger partial charge in [-0.25, -0.2) is 9.37 Å². The number of rotatable bonds is 2. The number of terminal acetylenes is 1. The normalized spacial score (nSPS) is 11.3. The van der Waals surface area contributed by atoms with Gasteiger partial charge in [-0.1, -0.05) is 5.92 Å². The number of nitrogens with zero attached hydrogens (tertiary/aromatic N) is 1. The molecule has 0 aliphatic rings. The number of aromatic amines is 1. The minimum atomic E-state index is -0.709. The highest BCUT2D eigenvalue weighted by atomic mass is 19.1. The van der Waals surface area contributed by atoms with Crippen LogP contribution in [0.1, 0.15) is 19.7 Å². The molecule has 98 valence electrons. The maximum atomic E-state index is 14.0. The van der Waals surface area contributed by atoms with Crippen LogP contribution in [0.15, 0.2) is 16.9 Å². The molecular weight excluding hydrogens is 245 g/mol. The number of hydrogen-bond acceptors (Lipinski definition) is 3. The Morgan fingerprint density at radius 2 is 2.16 bits per heavy atom. The molecule has 1 aromatic heterocycles. The zero-order valence-corrected chi connectivity index (χ0v) is 11.0. The molecule has 4 nitrogen and oxygen atoms in total. The minimum Gasteiger partial charge on any atom is -0.367 e. The van der Waals surface area contributed by atoms with Gasteiger partial charge in [-0.2, -0.15) is 0 Å². The Bertz CT molecular complexity index is 741. The van der Waals surface area contributed by atoms with Crippen LogP contribution in [0.4, 0.5) is 10.1 Å². The van der Waals surface area contributed by atoms with Crippen LogP contribution < -0.4 is 10.9 Å². The van der Waals surface area contributed by atoms with Gasteiger partial charge in [0.15, 0.2) is 0 Å². The predicted molar refractivity (Wildman–Crippen MR) is 73.6 cm³/mol. The fourth-order valence-corrected chi connectivity index (χ4v) is 1.75. The molecule has 0 bridgehead atoms. The second-order valence-corrected chi connectivity index (χ2v) is 4.89. The van der Waals surface area contributed by atoms with E-state index in [0.717, 1.165) is 0 Å². The van der Waals surface area contributed by atoms with Crippen LogP contribution in [-0.4, -0.2) is 15.5 Å². The number of anilines is 1. The lowest BCUT2D eigenvalue weighted by molar-refractivity contribution is 0.623. The number of H-pyrrole nitrogens is 1. The molecule has 1 aromatic carbocycles. The van der Waals surface area contributed by atoms with Crippen molar-refractivity contribution in [1.29, 1.82) is 0 Å². The van der Waals surface area contributed by atoms with E-state index in [2.05, 4.69) is 21.2 Å². The molecule has 0 aliphatic carbocycles. The Morgan fingerprint density at radius 3 is 2.79 bits per heavy atom. The van der Waals surface area contributed by atoms with Gasteiger partial charge in [-0.05, 0) is 26.8 Å². The number of halogens is 1. The van der Waals surface area contributed by atoms with Crippen LogP contribution in [-0.2, 0) is 0 Å². The smallest absolute Gasteiger partial charge is 0.258 e. The van der Waals surface area contributed by atoms with Crippen LogP contribution in [0, 0.1) is 25.1 Å². The molecule has 2 N–H and O–H groups in total. The average molecular weight is 259 g/mol. The van der Waals surface area contributed by atoms with Crippen molar-refractivity contribution in [2.75, 3.05) is 5.32 Å². The summed E-state index contributed by atoms with van der Waals surface area (Å²) in [7, 11) is 0. The lowest BCUT2D eigenvalue weighted by Gasteiger charge is -2.21. The van der Waals surface area contributed by atoms with E-state index in [1.54, 1.807) is 20.8 Å². The molecule has 1 heterocycles. The molecule has 0 aliphatic heterocycles. The zero-order valence-electron chi connectivity index (χ0n) is 11.0. The molecule has 0 saturated heterocycles. The van der Waals surface area contributed by atoms with Gasteiger partial charge < -0.3 is 10.3 Å². The van der Waals surface area contributed by atoms with Crippen molar-refractivity contribution in [3.63, 3.8) is 0 Å². The standard InChI is InChI=1S/C14H14FN3O/c1-5-14(3,4)18-12-6-9-11(7-10(12)15)16-8(2)17-13(9)19/h1,6-7,18H,2-4H3,(H,16,17,19). The third kappa shape index (κ3) is 2.58. The maximum absolute atomic E-state index is 14.0. The summed E-state index contributed by atoms with van der Waals surface area (Å²) in [6.45, 7) is 5.13. The lowest BCUT2D eigenvalue weighted by atomic mass is 10.1. The summed E-state index contributed by atoms with van der Waals surface area (Å²) in [5.41, 5.74) is -0.502. The highest BCUT2D eigenvalue weighted by molar-refractivity contribution is 5.82. The number of aromatic nitrogens is 2. The molecule has 19 heavy (non-hydrogen) atoms.